The van der Waals surface area contributed by atoms with Gasteiger partial charge in [-0.1, -0.05) is 30.3 Å². The summed E-state index contributed by atoms with van der Waals surface area (Å²) in [5.41, 5.74) is 1.39. The number of ether oxygens (including phenoxy) is 1. The van der Waals surface area contributed by atoms with Gasteiger partial charge in [0.1, 0.15) is 16.4 Å². The van der Waals surface area contributed by atoms with Crippen molar-refractivity contribution in [2.75, 3.05) is 0 Å². The predicted molar refractivity (Wildman–Crippen MR) is 98.2 cm³/mol. The van der Waals surface area contributed by atoms with Crippen LogP contribution in [0.2, 0.25) is 0 Å². The van der Waals surface area contributed by atoms with Crippen molar-refractivity contribution in [3.05, 3.63) is 58.7 Å². The Morgan fingerprint density at radius 3 is 2.79 bits per heavy atom. The molecule has 4 heteroatoms. The minimum atomic E-state index is 0.701. The summed E-state index contributed by atoms with van der Waals surface area (Å²) in [7, 11) is 0. The van der Waals surface area contributed by atoms with Gasteiger partial charge in [-0.2, -0.15) is 4.98 Å². The molecule has 0 atom stereocenters. The Balaban J connectivity index is 1.65. The lowest BCUT2D eigenvalue weighted by atomic mass is 10.1. The lowest BCUT2D eigenvalue weighted by Gasteiger charge is -2.09. The Morgan fingerprint density at radius 1 is 1.00 bits per heavy atom. The third-order valence-corrected chi connectivity index (χ3v) is 5.76. The molecule has 0 saturated carbocycles. The maximum Gasteiger partial charge on any atom is 0.231 e. The van der Waals surface area contributed by atoms with Crippen LogP contribution in [0.1, 0.15) is 22.7 Å². The first-order valence-corrected chi connectivity index (χ1v) is 9.05. The third kappa shape index (κ3) is 2.18. The standard InChI is InChI=1S/C20H16N2OS/c1-12-21-19(18-16-7-4-8-17(16)24-20(18)22-12)23-15-10-9-13-5-2-3-6-14(13)11-15/h2-3,5-6,9-11H,4,7-8H2,1H3. The van der Waals surface area contributed by atoms with Gasteiger partial charge in [-0.15, -0.1) is 11.3 Å². The highest BCUT2D eigenvalue weighted by Gasteiger charge is 2.22. The molecule has 0 aliphatic heterocycles. The molecule has 0 N–H and O–H groups in total. The van der Waals surface area contributed by atoms with Crippen LogP contribution in [-0.4, -0.2) is 9.97 Å². The van der Waals surface area contributed by atoms with Crippen LogP contribution >= 0.6 is 11.3 Å². The van der Waals surface area contributed by atoms with Gasteiger partial charge < -0.3 is 4.74 Å². The Morgan fingerprint density at radius 2 is 1.88 bits per heavy atom. The fourth-order valence-corrected chi connectivity index (χ4v) is 4.78. The Hall–Kier alpha value is -2.46. The fraction of sp³-hybridized carbons (Fsp3) is 0.200. The number of fused-ring (bicyclic) bond motifs is 4. The van der Waals surface area contributed by atoms with E-state index in [9.17, 15) is 0 Å². The van der Waals surface area contributed by atoms with E-state index in [1.54, 1.807) is 11.3 Å². The molecule has 2 aromatic carbocycles. The van der Waals surface area contributed by atoms with Crippen LogP contribution in [0.15, 0.2) is 42.5 Å². The average Bonchev–Trinajstić information content (AvgIpc) is 3.15. The summed E-state index contributed by atoms with van der Waals surface area (Å²) in [5, 5.41) is 3.50. The normalized spacial score (nSPS) is 13.5. The van der Waals surface area contributed by atoms with Crippen LogP contribution < -0.4 is 4.74 Å². The van der Waals surface area contributed by atoms with Crippen molar-refractivity contribution in [2.24, 2.45) is 0 Å². The summed E-state index contributed by atoms with van der Waals surface area (Å²) in [5.74, 6) is 2.29. The Labute approximate surface area is 143 Å². The van der Waals surface area contributed by atoms with Gasteiger partial charge >= 0.3 is 0 Å². The summed E-state index contributed by atoms with van der Waals surface area (Å²) in [6.07, 6.45) is 3.49. The first kappa shape index (κ1) is 13.9. The fourth-order valence-electron chi connectivity index (χ4n) is 3.48. The van der Waals surface area contributed by atoms with Gasteiger partial charge in [0, 0.05) is 4.88 Å². The minimum absolute atomic E-state index is 0.701. The first-order valence-electron chi connectivity index (χ1n) is 8.23. The molecule has 1 aliphatic carbocycles. The highest BCUT2D eigenvalue weighted by atomic mass is 32.1. The number of nitrogens with zero attached hydrogens (tertiary/aromatic N) is 2. The zero-order valence-corrected chi connectivity index (χ0v) is 14.2. The number of hydrogen-bond donors (Lipinski definition) is 0. The van der Waals surface area contributed by atoms with Crippen molar-refractivity contribution in [3.8, 4) is 11.6 Å². The molecule has 0 saturated heterocycles. The van der Waals surface area contributed by atoms with Crippen molar-refractivity contribution >= 4 is 32.3 Å². The van der Waals surface area contributed by atoms with E-state index in [4.69, 9.17) is 4.74 Å². The second-order valence-corrected chi connectivity index (χ2v) is 7.31. The van der Waals surface area contributed by atoms with E-state index in [0.29, 0.717) is 5.88 Å². The van der Waals surface area contributed by atoms with Crippen molar-refractivity contribution in [1.29, 1.82) is 0 Å². The first-order chi connectivity index (χ1) is 11.8. The maximum atomic E-state index is 6.22. The molecular weight excluding hydrogens is 316 g/mol. The van der Waals surface area contributed by atoms with Gasteiger partial charge in [0.05, 0.1) is 5.39 Å². The van der Waals surface area contributed by atoms with Crippen LogP contribution in [-0.2, 0) is 12.8 Å². The molecule has 5 rings (SSSR count). The number of aryl methyl sites for hydroxylation is 3. The molecule has 4 aromatic rings. The van der Waals surface area contributed by atoms with Gasteiger partial charge in [0.2, 0.25) is 5.88 Å². The molecule has 0 amide bonds. The van der Waals surface area contributed by atoms with Crippen molar-refractivity contribution in [3.63, 3.8) is 0 Å². The molecule has 0 spiro atoms. The SMILES string of the molecule is Cc1nc(Oc2ccc3ccccc3c2)c2c3c(sc2n1)CCC3. The van der Waals surface area contributed by atoms with Gasteiger partial charge in [0.15, 0.2) is 0 Å². The number of benzene rings is 2. The summed E-state index contributed by atoms with van der Waals surface area (Å²) >= 11 is 1.80. The lowest BCUT2D eigenvalue weighted by Crippen LogP contribution is -1.95. The van der Waals surface area contributed by atoms with E-state index in [0.717, 1.165) is 34.6 Å². The highest BCUT2D eigenvalue weighted by molar-refractivity contribution is 7.19. The van der Waals surface area contributed by atoms with Crippen LogP contribution in [0.4, 0.5) is 0 Å². The quantitative estimate of drug-likeness (QED) is 0.491. The van der Waals surface area contributed by atoms with Crippen LogP contribution in [0, 0.1) is 6.92 Å². The smallest absolute Gasteiger partial charge is 0.231 e. The van der Waals surface area contributed by atoms with Crippen molar-refractivity contribution in [2.45, 2.75) is 26.2 Å². The van der Waals surface area contributed by atoms with Crippen LogP contribution in [0.3, 0.4) is 0 Å². The Bertz CT molecular complexity index is 1080. The zero-order valence-electron chi connectivity index (χ0n) is 13.4. The average molecular weight is 332 g/mol. The monoisotopic (exact) mass is 332 g/mol. The highest BCUT2D eigenvalue weighted by Crippen LogP contribution is 2.41. The number of aromatic nitrogens is 2. The van der Waals surface area contributed by atoms with Crippen molar-refractivity contribution < 1.29 is 4.74 Å². The van der Waals surface area contributed by atoms with Crippen LogP contribution in [0.5, 0.6) is 11.6 Å². The van der Waals surface area contributed by atoms with Gasteiger partial charge in [-0.3, -0.25) is 0 Å². The van der Waals surface area contributed by atoms with E-state index >= 15 is 0 Å². The van der Waals surface area contributed by atoms with Gasteiger partial charge in [-0.05, 0) is 54.7 Å². The topological polar surface area (TPSA) is 35.0 Å². The molecule has 118 valence electrons. The minimum Gasteiger partial charge on any atom is -0.438 e. The van der Waals surface area contributed by atoms with E-state index < -0.39 is 0 Å². The van der Waals surface area contributed by atoms with Crippen molar-refractivity contribution in [1.82, 2.24) is 9.97 Å². The number of hydrogen-bond acceptors (Lipinski definition) is 4. The molecule has 24 heavy (non-hydrogen) atoms. The summed E-state index contributed by atoms with van der Waals surface area (Å²) in [6, 6.07) is 14.5. The molecule has 1 aliphatic rings. The maximum absolute atomic E-state index is 6.22. The lowest BCUT2D eigenvalue weighted by molar-refractivity contribution is 0.467. The molecule has 0 unspecified atom stereocenters. The molecule has 3 nitrogen and oxygen atoms in total. The van der Waals surface area contributed by atoms with E-state index in [2.05, 4.69) is 40.3 Å². The van der Waals surface area contributed by atoms with E-state index in [1.165, 1.54) is 27.6 Å². The van der Waals surface area contributed by atoms with E-state index in [-0.39, 0.29) is 0 Å². The molecule has 0 radical (unpaired) electrons. The van der Waals surface area contributed by atoms with Gasteiger partial charge in [-0.25, -0.2) is 4.98 Å². The van der Waals surface area contributed by atoms with E-state index in [1.807, 2.05) is 19.1 Å². The van der Waals surface area contributed by atoms with Gasteiger partial charge in [0.25, 0.3) is 0 Å². The second-order valence-electron chi connectivity index (χ2n) is 6.22. The second kappa shape index (κ2) is 5.28. The third-order valence-electron chi connectivity index (χ3n) is 4.58. The number of thiophene rings is 1. The predicted octanol–water partition coefficient (Wildman–Crippen LogP) is 5.43. The molecule has 2 heterocycles. The summed E-state index contributed by atoms with van der Waals surface area (Å²) < 4.78 is 6.22. The number of rotatable bonds is 2. The zero-order chi connectivity index (χ0) is 16.1. The van der Waals surface area contributed by atoms with Crippen LogP contribution in [0.25, 0.3) is 21.0 Å². The molecule has 2 aromatic heterocycles. The molecule has 0 bridgehead atoms. The Kier molecular flexibility index (Phi) is 3.06. The molecular formula is C20H16N2OS. The largest absolute Gasteiger partial charge is 0.438 e. The molecule has 0 fully saturated rings. The summed E-state index contributed by atoms with van der Waals surface area (Å²) in [4.78, 5) is 11.7. The summed E-state index contributed by atoms with van der Waals surface area (Å²) in [6.45, 7) is 1.93.